The third kappa shape index (κ3) is 4.03. The van der Waals surface area contributed by atoms with Crippen molar-refractivity contribution in [3.63, 3.8) is 0 Å². The van der Waals surface area contributed by atoms with Crippen molar-refractivity contribution < 1.29 is 23.7 Å². The SMILES string of the molecule is COc1ccc(C(=O)/C=C/c2cc(OC)c(OC)c(OC)c2)cc1N. The Labute approximate surface area is 146 Å². The minimum Gasteiger partial charge on any atom is -0.495 e. The summed E-state index contributed by atoms with van der Waals surface area (Å²) in [6.07, 6.45) is 3.13. The number of methoxy groups -OCH3 is 4. The highest BCUT2D eigenvalue weighted by molar-refractivity contribution is 6.07. The lowest BCUT2D eigenvalue weighted by Crippen LogP contribution is -1.99. The molecule has 0 aliphatic rings. The number of ketones is 1. The number of carbonyl (C=O) groups excluding carboxylic acids is 1. The number of allylic oxidation sites excluding steroid dienone is 1. The Kier molecular flexibility index (Phi) is 5.89. The topological polar surface area (TPSA) is 80.0 Å². The number of nitrogen functional groups attached to an aromatic ring is 1. The molecule has 0 spiro atoms. The van der Waals surface area contributed by atoms with E-state index in [1.165, 1.54) is 34.5 Å². The zero-order valence-corrected chi connectivity index (χ0v) is 14.7. The van der Waals surface area contributed by atoms with Gasteiger partial charge in [-0.1, -0.05) is 6.08 Å². The average Bonchev–Trinajstić information content (AvgIpc) is 2.64. The molecule has 0 saturated carbocycles. The molecule has 6 nitrogen and oxygen atoms in total. The van der Waals surface area contributed by atoms with Gasteiger partial charge in [-0.3, -0.25) is 4.79 Å². The Morgan fingerprint density at radius 3 is 1.96 bits per heavy atom. The summed E-state index contributed by atoms with van der Waals surface area (Å²) in [4.78, 5) is 12.3. The van der Waals surface area contributed by atoms with Gasteiger partial charge in [0.1, 0.15) is 5.75 Å². The van der Waals surface area contributed by atoms with Crippen LogP contribution in [0.3, 0.4) is 0 Å². The fourth-order valence-electron chi connectivity index (χ4n) is 2.35. The third-order valence-corrected chi connectivity index (χ3v) is 3.63. The van der Waals surface area contributed by atoms with Gasteiger partial charge in [-0.2, -0.15) is 0 Å². The number of anilines is 1. The summed E-state index contributed by atoms with van der Waals surface area (Å²) in [6, 6.07) is 8.43. The zero-order valence-electron chi connectivity index (χ0n) is 14.7. The number of hydrogen-bond acceptors (Lipinski definition) is 6. The highest BCUT2D eigenvalue weighted by Gasteiger charge is 2.12. The average molecular weight is 343 g/mol. The van der Waals surface area contributed by atoms with Crippen LogP contribution in [0.15, 0.2) is 36.4 Å². The predicted octanol–water partition coefficient (Wildman–Crippen LogP) is 3.20. The van der Waals surface area contributed by atoms with E-state index >= 15 is 0 Å². The number of ether oxygens (including phenoxy) is 4. The molecule has 0 saturated heterocycles. The lowest BCUT2D eigenvalue weighted by atomic mass is 10.1. The fourth-order valence-corrected chi connectivity index (χ4v) is 2.35. The summed E-state index contributed by atoms with van der Waals surface area (Å²) >= 11 is 0. The maximum absolute atomic E-state index is 12.3. The second-order valence-electron chi connectivity index (χ2n) is 5.11. The molecule has 0 amide bonds. The van der Waals surface area contributed by atoms with E-state index in [4.69, 9.17) is 24.7 Å². The fraction of sp³-hybridized carbons (Fsp3) is 0.211. The summed E-state index contributed by atoms with van der Waals surface area (Å²) in [6.45, 7) is 0. The minimum atomic E-state index is -0.178. The number of hydrogen-bond donors (Lipinski definition) is 1. The maximum Gasteiger partial charge on any atom is 0.203 e. The zero-order chi connectivity index (χ0) is 18.4. The van der Waals surface area contributed by atoms with Gasteiger partial charge in [-0.25, -0.2) is 0 Å². The summed E-state index contributed by atoms with van der Waals surface area (Å²) in [7, 11) is 6.14. The lowest BCUT2D eigenvalue weighted by Gasteiger charge is -2.12. The highest BCUT2D eigenvalue weighted by Crippen LogP contribution is 2.38. The van der Waals surface area contributed by atoms with Crippen LogP contribution in [-0.2, 0) is 0 Å². The number of nitrogens with two attached hydrogens (primary N) is 1. The molecule has 6 heteroatoms. The lowest BCUT2D eigenvalue weighted by molar-refractivity contribution is 0.104. The van der Waals surface area contributed by atoms with Gasteiger partial charge in [0.15, 0.2) is 17.3 Å². The van der Waals surface area contributed by atoms with E-state index < -0.39 is 0 Å². The third-order valence-electron chi connectivity index (χ3n) is 3.63. The number of rotatable bonds is 7. The monoisotopic (exact) mass is 343 g/mol. The highest BCUT2D eigenvalue weighted by atomic mass is 16.5. The largest absolute Gasteiger partial charge is 0.495 e. The quantitative estimate of drug-likeness (QED) is 0.472. The van der Waals surface area contributed by atoms with Crippen LogP contribution in [0.1, 0.15) is 15.9 Å². The Balaban J connectivity index is 2.29. The number of carbonyl (C=O) groups is 1. The molecule has 0 heterocycles. The standard InChI is InChI=1S/C19H21NO5/c1-22-16-8-6-13(11-14(16)20)15(21)7-5-12-9-17(23-2)19(25-4)18(10-12)24-3/h5-11H,20H2,1-4H3/b7-5+. The molecule has 0 bridgehead atoms. The molecule has 0 fully saturated rings. The molecular formula is C19H21NO5. The van der Waals surface area contributed by atoms with Crippen molar-refractivity contribution in [1.29, 1.82) is 0 Å². The number of benzene rings is 2. The maximum atomic E-state index is 12.3. The van der Waals surface area contributed by atoms with Crippen LogP contribution in [-0.4, -0.2) is 34.2 Å². The summed E-state index contributed by atoms with van der Waals surface area (Å²) < 4.78 is 21.0. The predicted molar refractivity (Wildman–Crippen MR) is 96.9 cm³/mol. The molecule has 2 rings (SSSR count). The first-order chi connectivity index (χ1) is 12.0. The first-order valence-electron chi connectivity index (χ1n) is 7.50. The molecule has 25 heavy (non-hydrogen) atoms. The smallest absolute Gasteiger partial charge is 0.203 e. The molecule has 2 aromatic carbocycles. The molecule has 0 aliphatic heterocycles. The summed E-state index contributed by atoms with van der Waals surface area (Å²) in [5.74, 6) is 1.88. The van der Waals surface area contributed by atoms with Crippen LogP contribution in [0, 0.1) is 0 Å². The summed E-state index contributed by atoms with van der Waals surface area (Å²) in [5.41, 5.74) is 7.46. The molecule has 0 radical (unpaired) electrons. The Morgan fingerprint density at radius 2 is 1.48 bits per heavy atom. The second kappa shape index (κ2) is 8.10. The van der Waals surface area contributed by atoms with E-state index in [0.29, 0.717) is 34.2 Å². The van der Waals surface area contributed by atoms with Gasteiger partial charge in [0, 0.05) is 5.56 Å². The normalized spacial score (nSPS) is 10.6. The van der Waals surface area contributed by atoms with Crippen molar-refractivity contribution >= 4 is 17.5 Å². The van der Waals surface area contributed by atoms with Crippen LogP contribution in [0.2, 0.25) is 0 Å². The molecule has 132 valence electrons. The minimum absolute atomic E-state index is 0.178. The first-order valence-corrected chi connectivity index (χ1v) is 7.50. The van der Waals surface area contributed by atoms with Crippen LogP contribution < -0.4 is 24.7 Å². The van der Waals surface area contributed by atoms with Crippen molar-refractivity contribution in [3.8, 4) is 23.0 Å². The molecule has 0 aliphatic carbocycles. The van der Waals surface area contributed by atoms with Crippen molar-refractivity contribution in [2.45, 2.75) is 0 Å². The molecule has 2 N–H and O–H groups in total. The Hall–Kier alpha value is -3.15. The molecule has 0 atom stereocenters. The van der Waals surface area contributed by atoms with Gasteiger partial charge >= 0.3 is 0 Å². The molecular weight excluding hydrogens is 322 g/mol. The second-order valence-corrected chi connectivity index (χ2v) is 5.11. The van der Waals surface area contributed by atoms with Crippen LogP contribution in [0.4, 0.5) is 5.69 Å². The van der Waals surface area contributed by atoms with Gasteiger partial charge in [-0.15, -0.1) is 0 Å². The van der Waals surface area contributed by atoms with Gasteiger partial charge < -0.3 is 24.7 Å². The van der Waals surface area contributed by atoms with Crippen molar-refractivity contribution in [2.24, 2.45) is 0 Å². The van der Waals surface area contributed by atoms with Crippen LogP contribution in [0.25, 0.3) is 6.08 Å². The van der Waals surface area contributed by atoms with E-state index in [0.717, 1.165) is 5.56 Å². The van der Waals surface area contributed by atoms with E-state index in [-0.39, 0.29) is 5.78 Å². The first kappa shape index (κ1) is 18.2. The van der Waals surface area contributed by atoms with Crippen molar-refractivity contribution in [2.75, 3.05) is 34.2 Å². The van der Waals surface area contributed by atoms with E-state index in [1.54, 1.807) is 36.4 Å². The van der Waals surface area contributed by atoms with Crippen LogP contribution in [0.5, 0.6) is 23.0 Å². The van der Waals surface area contributed by atoms with Gasteiger partial charge in [-0.05, 0) is 42.0 Å². The van der Waals surface area contributed by atoms with Crippen molar-refractivity contribution in [3.05, 3.63) is 47.5 Å². The van der Waals surface area contributed by atoms with Gasteiger partial charge in [0.05, 0.1) is 34.1 Å². The van der Waals surface area contributed by atoms with E-state index in [2.05, 4.69) is 0 Å². The van der Waals surface area contributed by atoms with Crippen molar-refractivity contribution in [1.82, 2.24) is 0 Å². The Bertz CT molecular complexity index is 773. The summed E-state index contributed by atoms with van der Waals surface area (Å²) in [5, 5.41) is 0. The van der Waals surface area contributed by atoms with Crippen LogP contribution >= 0.6 is 0 Å². The Morgan fingerprint density at radius 1 is 0.880 bits per heavy atom. The molecule has 0 unspecified atom stereocenters. The van der Waals surface area contributed by atoms with Gasteiger partial charge in [0.25, 0.3) is 0 Å². The molecule has 0 aromatic heterocycles. The van der Waals surface area contributed by atoms with Gasteiger partial charge in [0.2, 0.25) is 5.75 Å². The molecule has 2 aromatic rings. The van der Waals surface area contributed by atoms with E-state index in [1.807, 2.05) is 0 Å². The van der Waals surface area contributed by atoms with E-state index in [9.17, 15) is 4.79 Å².